The molecular formula is C15H17N5OS. The van der Waals surface area contributed by atoms with Crippen LogP contribution in [0.25, 0.3) is 11.2 Å². The number of aryl methyl sites for hydroxylation is 1. The van der Waals surface area contributed by atoms with Crippen molar-refractivity contribution < 1.29 is 5.11 Å². The summed E-state index contributed by atoms with van der Waals surface area (Å²) < 4.78 is 2.06. The van der Waals surface area contributed by atoms with E-state index in [0.29, 0.717) is 11.3 Å². The van der Waals surface area contributed by atoms with E-state index >= 15 is 0 Å². The maximum Gasteiger partial charge on any atom is 0.175 e. The number of unbranched alkanes of at least 4 members (excludes halogenated alkanes) is 1. The maximum atomic E-state index is 9.60. The highest BCUT2D eigenvalue weighted by atomic mass is 32.2. The Hall–Kier alpha value is -2.28. The zero-order chi connectivity index (χ0) is 15.5. The molecule has 114 valence electrons. The largest absolute Gasteiger partial charge is 0.508 e. The standard InChI is InChI=1S/C15H17N5OS/c1-2-3-7-20-14-12(13(16)17-9-18-14)19-15(20)22-11-6-4-5-10(21)8-11/h4-6,8-9,21H,2-3,7H2,1H3,(H2,16,17,18). The van der Waals surface area contributed by atoms with Crippen molar-refractivity contribution in [3.63, 3.8) is 0 Å². The van der Waals surface area contributed by atoms with Crippen LogP contribution in [0, 0.1) is 0 Å². The van der Waals surface area contributed by atoms with Crippen LogP contribution in [0.4, 0.5) is 5.82 Å². The third-order valence-corrected chi connectivity index (χ3v) is 4.27. The molecule has 0 aliphatic rings. The Morgan fingerprint density at radius 3 is 2.95 bits per heavy atom. The molecule has 0 fully saturated rings. The molecule has 0 saturated heterocycles. The van der Waals surface area contributed by atoms with Gasteiger partial charge < -0.3 is 15.4 Å². The number of benzene rings is 1. The Morgan fingerprint density at radius 2 is 2.18 bits per heavy atom. The Morgan fingerprint density at radius 1 is 1.32 bits per heavy atom. The summed E-state index contributed by atoms with van der Waals surface area (Å²) in [6.45, 7) is 2.97. The second-order valence-corrected chi connectivity index (χ2v) is 5.97. The Balaban J connectivity index is 2.05. The summed E-state index contributed by atoms with van der Waals surface area (Å²) in [5.41, 5.74) is 7.29. The summed E-state index contributed by atoms with van der Waals surface area (Å²) in [5.74, 6) is 0.624. The lowest BCUT2D eigenvalue weighted by molar-refractivity contribution is 0.474. The van der Waals surface area contributed by atoms with E-state index in [0.717, 1.165) is 35.1 Å². The highest BCUT2D eigenvalue weighted by molar-refractivity contribution is 7.99. The number of rotatable bonds is 5. The summed E-state index contributed by atoms with van der Waals surface area (Å²) in [6.07, 6.45) is 3.57. The number of anilines is 1. The molecule has 3 N–H and O–H groups in total. The van der Waals surface area contributed by atoms with Crippen molar-refractivity contribution in [1.82, 2.24) is 19.5 Å². The van der Waals surface area contributed by atoms with Gasteiger partial charge in [0.2, 0.25) is 0 Å². The summed E-state index contributed by atoms with van der Waals surface area (Å²) in [5, 5.41) is 10.4. The third kappa shape index (κ3) is 2.85. The SMILES string of the molecule is CCCCn1c(Sc2cccc(O)c2)nc2c(N)ncnc21. The van der Waals surface area contributed by atoms with Crippen molar-refractivity contribution in [3.05, 3.63) is 30.6 Å². The fourth-order valence-electron chi connectivity index (χ4n) is 2.18. The lowest BCUT2D eigenvalue weighted by Crippen LogP contribution is -2.01. The fourth-order valence-corrected chi connectivity index (χ4v) is 3.14. The Bertz CT molecular complexity index is 802. The number of hydrogen-bond donors (Lipinski definition) is 2. The van der Waals surface area contributed by atoms with Crippen LogP contribution in [0.15, 0.2) is 40.6 Å². The number of nitrogen functional groups attached to an aromatic ring is 1. The zero-order valence-electron chi connectivity index (χ0n) is 12.2. The molecule has 0 unspecified atom stereocenters. The first kappa shape index (κ1) is 14.6. The van der Waals surface area contributed by atoms with Gasteiger partial charge in [-0.25, -0.2) is 15.0 Å². The minimum Gasteiger partial charge on any atom is -0.508 e. The average molecular weight is 315 g/mol. The predicted molar refractivity (Wildman–Crippen MR) is 86.9 cm³/mol. The van der Waals surface area contributed by atoms with Crippen molar-refractivity contribution in [2.75, 3.05) is 5.73 Å². The number of aromatic hydroxyl groups is 1. The van der Waals surface area contributed by atoms with Gasteiger partial charge in [-0.1, -0.05) is 31.2 Å². The molecule has 3 rings (SSSR count). The minimum absolute atomic E-state index is 0.237. The zero-order valence-corrected chi connectivity index (χ0v) is 13.0. The van der Waals surface area contributed by atoms with Gasteiger partial charge in [0.1, 0.15) is 12.1 Å². The van der Waals surface area contributed by atoms with Gasteiger partial charge in [-0.2, -0.15) is 0 Å². The van der Waals surface area contributed by atoms with Crippen molar-refractivity contribution >= 4 is 28.7 Å². The maximum absolute atomic E-state index is 9.60. The minimum atomic E-state index is 0.237. The van der Waals surface area contributed by atoms with Crippen LogP contribution in [-0.4, -0.2) is 24.6 Å². The topological polar surface area (TPSA) is 89.8 Å². The van der Waals surface area contributed by atoms with Gasteiger partial charge in [-0.3, -0.25) is 0 Å². The molecule has 0 amide bonds. The lowest BCUT2D eigenvalue weighted by Gasteiger charge is -2.07. The molecule has 0 atom stereocenters. The second kappa shape index (κ2) is 6.23. The fraction of sp³-hybridized carbons (Fsp3) is 0.267. The number of phenolic OH excluding ortho intramolecular Hbond substituents is 1. The number of fused-ring (bicyclic) bond motifs is 1. The van der Waals surface area contributed by atoms with Crippen molar-refractivity contribution in [1.29, 1.82) is 0 Å². The smallest absolute Gasteiger partial charge is 0.175 e. The molecule has 0 radical (unpaired) electrons. The van der Waals surface area contributed by atoms with Gasteiger partial charge in [-0.15, -0.1) is 0 Å². The number of nitrogens with two attached hydrogens (primary N) is 1. The van der Waals surface area contributed by atoms with E-state index in [1.54, 1.807) is 12.1 Å². The molecule has 3 aromatic rings. The van der Waals surface area contributed by atoms with Crippen LogP contribution in [-0.2, 0) is 6.54 Å². The van der Waals surface area contributed by atoms with Gasteiger partial charge in [0, 0.05) is 11.4 Å². The first-order valence-corrected chi connectivity index (χ1v) is 7.94. The predicted octanol–water partition coefficient (Wildman–Crippen LogP) is 3.07. The highest BCUT2D eigenvalue weighted by Gasteiger charge is 2.15. The molecule has 7 heteroatoms. The molecule has 1 aromatic carbocycles. The van der Waals surface area contributed by atoms with Crippen LogP contribution in [0.2, 0.25) is 0 Å². The second-order valence-electron chi connectivity index (χ2n) is 4.93. The Labute approximate surface area is 132 Å². The van der Waals surface area contributed by atoms with E-state index in [1.807, 2.05) is 12.1 Å². The summed E-state index contributed by atoms with van der Waals surface area (Å²) >= 11 is 1.48. The molecular weight excluding hydrogens is 298 g/mol. The van der Waals surface area contributed by atoms with Crippen molar-refractivity contribution in [3.8, 4) is 5.75 Å². The van der Waals surface area contributed by atoms with E-state index in [9.17, 15) is 5.11 Å². The first-order valence-electron chi connectivity index (χ1n) is 7.12. The molecule has 0 aliphatic heterocycles. The molecule has 0 spiro atoms. The monoisotopic (exact) mass is 315 g/mol. The van der Waals surface area contributed by atoms with Gasteiger partial charge in [0.25, 0.3) is 0 Å². The lowest BCUT2D eigenvalue weighted by atomic mass is 10.3. The van der Waals surface area contributed by atoms with Gasteiger partial charge in [0.15, 0.2) is 22.1 Å². The number of imidazole rings is 1. The van der Waals surface area contributed by atoms with Crippen LogP contribution >= 0.6 is 11.8 Å². The van der Waals surface area contributed by atoms with Crippen LogP contribution in [0.3, 0.4) is 0 Å². The van der Waals surface area contributed by atoms with Crippen LogP contribution < -0.4 is 5.73 Å². The van der Waals surface area contributed by atoms with Crippen LogP contribution in [0.1, 0.15) is 19.8 Å². The molecule has 2 aromatic heterocycles. The number of phenols is 1. The number of aromatic nitrogens is 4. The number of nitrogens with zero attached hydrogens (tertiary/aromatic N) is 4. The van der Waals surface area contributed by atoms with Gasteiger partial charge >= 0.3 is 0 Å². The highest BCUT2D eigenvalue weighted by Crippen LogP contribution is 2.32. The molecule has 2 heterocycles. The molecule has 0 aliphatic carbocycles. The van der Waals surface area contributed by atoms with Crippen molar-refractivity contribution in [2.45, 2.75) is 36.4 Å². The van der Waals surface area contributed by atoms with E-state index in [2.05, 4.69) is 26.4 Å². The quantitative estimate of drug-likeness (QED) is 0.752. The summed E-state index contributed by atoms with van der Waals surface area (Å²) in [4.78, 5) is 13.8. The Kier molecular flexibility index (Phi) is 4.15. The number of hydrogen-bond acceptors (Lipinski definition) is 6. The third-order valence-electron chi connectivity index (χ3n) is 3.29. The molecule has 0 saturated carbocycles. The van der Waals surface area contributed by atoms with Gasteiger partial charge in [-0.05, 0) is 24.6 Å². The summed E-state index contributed by atoms with van der Waals surface area (Å²) in [7, 11) is 0. The normalized spacial score (nSPS) is 11.1. The van der Waals surface area contributed by atoms with E-state index in [-0.39, 0.29) is 5.75 Å². The van der Waals surface area contributed by atoms with Gasteiger partial charge in [0.05, 0.1) is 0 Å². The van der Waals surface area contributed by atoms with E-state index in [1.165, 1.54) is 18.1 Å². The summed E-state index contributed by atoms with van der Waals surface area (Å²) in [6, 6.07) is 7.10. The molecule has 0 bridgehead atoms. The van der Waals surface area contributed by atoms with E-state index < -0.39 is 0 Å². The van der Waals surface area contributed by atoms with E-state index in [4.69, 9.17) is 5.73 Å². The van der Waals surface area contributed by atoms with Crippen molar-refractivity contribution in [2.24, 2.45) is 0 Å². The molecule has 22 heavy (non-hydrogen) atoms. The molecule has 6 nitrogen and oxygen atoms in total. The van der Waals surface area contributed by atoms with Crippen LogP contribution in [0.5, 0.6) is 5.75 Å². The average Bonchev–Trinajstić information content (AvgIpc) is 2.84. The first-order chi connectivity index (χ1) is 10.7.